The van der Waals surface area contributed by atoms with Crippen molar-refractivity contribution in [1.29, 1.82) is 0 Å². The molecule has 0 atom stereocenters. The van der Waals surface area contributed by atoms with Gasteiger partial charge in [0.05, 0.1) is 0 Å². The highest BCUT2D eigenvalue weighted by Crippen LogP contribution is 2.15. The molecule has 1 aliphatic heterocycles. The van der Waals surface area contributed by atoms with E-state index in [1.807, 2.05) is 54.6 Å². The van der Waals surface area contributed by atoms with Gasteiger partial charge in [0, 0.05) is 31.6 Å². The maximum atomic E-state index is 12.5. The first kappa shape index (κ1) is 21.1. The molecule has 1 fully saturated rings. The number of piperazine rings is 1. The van der Waals surface area contributed by atoms with E-state index in [2.05, 4.69) is 6.92 Å². The number of benzene rings is 2. The van der Waals surface area contributed by atoms with E-state index in [9.17, 15) is 13.2 Å². The maximum absolute atomic E-state index is 12.5. The van der Waals surface area contributed by atoms with Gasteiger partial charge in [0.15, 0.2) is 6.61 Å². The molecule has 0 bridgehead atoms. The van der Waals surface area contributed by atoms with E-state index in [-0.39, 0.29) is 25.6 Å². The Morgan fingerprint density at radius 1 is 1.03 bits per heavy atom. The van der Waals surface area contributed by atoms with E-state index >= 15 is 0 Å². The lowest BCUT2D eigenvalue weighted by Crippen LogP contribution is -2.51. The second-order valence-electron chi connectivity index (χ2n) is 6.83. The largest absolute Gasteiger partial charge is 0.484 e. The fourth-order valence-corrected chi connectivity index (χ4v) is 4.27. The van der Waals surface area contributed by atoms with Gasteiger partial charge in [-0.1, -0.05) is 49.4 Å². The van der Waals surface area contributed by atoms with Crippen LogP contribution in [-0.4, -0.2) is 56.3 Å². The average molecular weight is 415 g/mol. The van der Waals surface area contributed by atoms with Crippen LogP contribution in [0.3, 0.4) is 0 Å². The van der Waals surface area contributed by atoms with E-state index in [1.54, 1.807) is 11.0 Å². The molecule has 7 heteroatoms. The summed E-state index contributed by atoms with van der Waals surface area (Å²) in [5.41, 5.74) is 1.98. The minimum Gasteiger partial charge on any atom is -0.484 e. The molecule has 3 rings (SSSR count). The highest BCUT2D eigenvalue weighted by atomic mass is 32.2. The number of carbonyl (C=O) groups excluding carboxylic acids is 1. The molecule has 2 aromatic carbocycles. The van der Waals surface area contributed by atoms with Gasteiger partial charge in [-0.05, 0) is 35.8 Å². The van der Waals surface area contributed by atoms with E-state index in [1.165, 1.54) is 9.71 Å². The SMILES string of the molecule is CCc1cccc(OCC(=O)N2CCN(S(=O)(=O)/C=C/c3ccccc3)CC2)c1. The third-order valence-electron chi connectivity index (χ3n) is 4.85. The van der Waals surface area contributed by atoms with Crippen molar-refractivity contribution in [2.45, 2.75) is 13.3 Å². The van der Waals surface area contributed by atoms with E-state index in [0.717, 1.165) is 17.5 Å². The minimum absolute atomic E-state index is 0.0478. The third-order valence-corrected chi connectivity index (χ3v) is 6.42. The molecule has 0 saturated carbocycles. The predicted molar refractivity (Wildman–Crippen MR) is 114 cm³/mol. The maximum Gasteiger partial charge on any atom is 0.260 e. The number of ether oxygens (including phenoxy) is 1. The lowest BCUT2D eigenvalue weighted by Gasteiger charge is -2.33. The normalized spacial score (nSPS) is 15.6. The van der Waals surface area contributed by atoms with E-state index < -0.39 is 10.0 Å². The number of carbonyl (C=O) groups is 1. The first-order valence-electron chi connectivity index (χ1n) is 9.71. The molecule has 2 aromatic rings. The van der Waals surface area contributed by atoms with Crippen molar-refractivity contribution in [3.63, 3.8) is 0 Å². The molecular formula is C22H26N2O4S. The lowest BCUT2D eigenvalue weighted by molar-refractivity contribution is -0.134. The Labute approximate surface area is 172 Å². The standard InChI is InChI=1S/C22H26N2O4S/c1-2-19-9-6-10-21(17-19)28-18-22(25)23-12-14-24(15-13-23)29(26,27)16-11-20-7-4-3-5-8-20/h3-11,16-17H,2,12-15,18H2,1H3/b16-11+. The molecule has 0 unspecified atom stereocenters. The number of amides is 1. The molecule has 154 valence electrons. The smallest absolute Gasteiger partial charge is 0.260 e. The number of sulfonamides is 1. The zero-order valence-electron chi connectivity index (χ0n) is 16.5. The van der Waals surface area contributed by atoms with Gasteiger partial charge in [0.1, 0.15) is 5.75 Å². The summed E-state index contributed by atoms with van der Waals surface area (Å²) in [6, 6.07) is 17.0. The molecule has 1 amide bonds. The van der Waals surface area contributed by atoms with Crippen molar-refractivity contribution in [3.8, 4) is 5.75 Å². The Bertz CT molecular complexity index is 950. The van der Waals surface area contributed by atoms with Crippen LogP contribution in [0.25, 0.3) is 6.08 Å². The summed E-state index contributed by atoms with van der Waals surface area (Å²) < 4.78 is 32.1. The first-order chi connectivity index (χ1) is 14.0. The van der Waals surface area contributed by atoms with Crippen LogP contribution in [0, 0.1) is 0 Å². The van der Waals surface area contributed by atoms with Gasteiger partial charge in [0.2, 0.25) is 10.0 Å². The average Bonchev–Trinajstić information content (AvgIpc) is 2.77. The van der Waals surface area contributed by atoms with Gasteiger partial charge in [0.25, 0.3) is 5.91 Å². The number of rotatable bonds is 7. The summed E-state index contributed by atoms with van der Waals surface area (Å²) in [5, 5.41) is 1.23. The van der Waals surface area contributed by atoms with Gasteiger partial charge in [-0.3, -0.25) is 4.79 Å². The van der Waals surface area contributed by atoms with Crippen LogP contribution in [0.2, 0.25) is 0 Å². The Balaban J connectivity index is 1.50. The van der Waals surface area contributed by atoms with Gasteiger partial charge in [-0.15, -0.1) is 0 Å². The van der Waals surface area contributed by atoms with Crippen LogP contribution in [0.5, 0.6) is 5.75 Å². The summed E-state index contributed by atoms with van der Waals surface area (Å²) in [6.07, 6.45) is 2.49. The Morgan fingerprint density at radius 3 is 2.45 bits per heavy atom. The summed E-state index contributed by atoms with van der Waals surface area (Å²) in [4.78, 5) is 14.1. The Kier molecular flexibility index (Phi) is 7.06. The van der Waals surface area contributed by atoms with Crippen molar-refractivity contribution in [2.24, 2.45) is 0 Å². The molecule has 1 saturated heterocycles. The number of nitrogens with zero attached hydrogens (tertiary/aromatic N) is 2. The van der Waals surface area contributed by atoms with Crippen molar-refractivity contribution < 1.29 is 17.9 Å². The molecule has 6 nitrogen and oxygen atoms in total. The molecule has 0 spiro atoms. The summed E-state index contributed by atoms with van der Waals surface area (Å²) >= 11 is 0. The molecule has 0 aromatic heterocycles. The Hall–Kier alpha value is -2.64. The molecule has 29 heavy (non-hydrogen) atoms. The van der Waals surface area contributed by atoms with Gasteiger partial charge < -0.3 is 9.64 Å². The van der Waals surface area contributed by atoms with Crippen molar-refractivity contribution in [2.75, 3.05) is 32.8 Å². The summed E-state index contributed by atoms with van der Waals surface area (Å²) in [6.45, 7) is 3.28. The van der Waals surface area contributed by atoms with Crippen LogP contribution in [0.1, 0.15) is 18.1 Å². The van der Waals surface area contributed by atoms with Crippen molar-refractivity contribution >= 4 is 22.0 Å². The summed E-state index contributed by atoms with van der Waals surface area (Å²) in [7, 11) is -3.51. The molecule has 0 aliphatic carbocycles. The fourth-order valence-electron chi connectivity index (χ4n) is 3.10. The van der Waals surface area contributed by atoms with E-state index in [4.69, 9.17) is 4.74 Å². The molecule has 1 aliphatic rings. The van der Waals surface area contributed by atoms with Crippen LogP contribution < -0.4 is 4.74 Å². The topological polar surface area (TPSA) is 66.9 Å². The molecule has 1 heterocycles. The summed E-state index contributed by atoms with van der Waals surface area (Å²) in [5.74, 6) is 0.536. The molecule has 0 N–H and O–H groups in total. The lowest BCUT2D eigenvalue weighted by atomic mass is 10.2. The van der Waals surface area contributed by atoms with Gasteiger partial charge in [-0.2, -0.15) is 4.31 Å². The molecule has 0 radical (unpaired) electrons. The number of hydrogen-bond donors (Lipinski definition) is 0. The second kappa shape index (κ2) is 9.71. The quantitative estimate of drug-likeness (QED) is 0.699. The first-order valence-corrected chi connectivity index (χ1v) is 11.2. The third kappa shape index (κ3) is 5.92. The molecular weight excluding hydrogens is 388 g/mol. The zero-order chi connectivity index (χ0) is 20.7. The van der Waals surface area contributed by atoms with Crippen LogP contribution >= 0.6 is 0 Å². The van der Waals surface area contributed by atoms with Crippen LogP contribution in [0.4, 0.5) is 0 Å². The number of aryl methyl sites for hydroxylation is 1. The van der Waals surface area contributed by atoms with Crippen molar-refractivity contribution in [1.82, 2.24) is 9.21 Å². The Morgan fingerprint density at radius 2 is 1.76 bits per heavy atom. The van der Waals surface area contributed by atoms with Gasteiger partial charge >= 0.3 is 0 Å². The fraction of sp³-hybridized carbons (Fsp3) is 0.318. The predicted octanol–water partition coefficient (Wildman–Crippen LogP) is 2.77. The van der Waals surface area contributed by atoms with Gasteiger partial charge in [-0.25, -0.2) is 8.42 Å². The number of hydrogen-bond acceptors (Lipinski definition) is 4. The monoisotopic (exact) mass is 414 g/mol. The second-order valence-corrected chi connectivity index (χ2v) is 8.65. The van der Waals surface area contributed by atoms with Crippen LogP contribution in [-0.2, 0) is 21.2 Å². The van der Waals surface area contributed by atoms with Crippen LogP contribution in [0.15, 0.2) is 60.0 Å². The highest BCUT2D eigenvalue weighted by molar-refractivity contribution is 7.92. The highest BCUT2D eigenvalue weighted by Gasteiger charge is 2.27. The minimum atomic E-state index is -3.51. The zero-order valence-corrected chi connectivity index (χ0v) is 17.3. The van der Waals surface area contributed by atoms with E-state index in [0.29, 0.717) is 18.8 Å². The van der Waals surface area contributed by atoms with Crippen molar-refractivity contribution in [3.05, 3.63) is 71.1 Å².